The van der Waals surface area contributed by atoms with E-state index in [4.69, 9.17) is 21.1 Å². The normalized spacial score (nSPS) is 24.1. The van der Waals surface area contributed by atoms with Gasteiger partial charge in [0.05, 0.1) is 24.4 Å². The Morgan fingerprint density at radius 1 is 1.16 bits per heavy atom. The number of ether oxygens (including phenoxy) is 2. The topological polar surface area (TPSA) is 47.6 Å². The summed E-state index contributed by atoms with van der Waals surface area (Å²) in [6.07, 6.45) is -4.47. The third-order valence-electron chi connectivity index (χ3n) is 5.40. The summed E-state index contributed by atoms with van der Waals surface area (Å²) < 4.78 is 50.9. The van der Waals surface area contributed by atoms with Crippen molar-refractivity contribution in [2.45, 2.75) is 50.1 Å². The van der Waals surface area contributed by atoms with E-state index in [1.165, 1.54) is 13.2 Å². The number of carbonyl (C=O) groups is 1. The van der Waals surface area contributed by atoms with Gasteiger partial charge in [-0.2, -0.15) is 13.2 Å². The van der Waals surface area contributed by atoms with Crippen LogP contribution in [0.2, 0.25) is 5.02 Å². The van der Waals surface area contributed by atoms with E-state index in [9.17, 15) is 18.0 Å². The van der Waals surface area contributed by atoms with E-state index in [2.05, 4.69) is 5.32 Å². The zero-order valence-electron chi connectivity index (χ0n) is 17.3. The molecule has 4 nitrogen and oxygen atoms in total. The molecule has 1 aliphatic rings. The minimum Gasteiger partial charge on any atom is -0.384 e. The zero-order chi connectivity index (χ0) is 22.6. The molecule has 8 heteroatoms. The van der Waals surface area contributed by atoms with Crippen molar-refractivity contribution >= 4 is 17.5 Å². The highest BCUT2D eigenvalue weighted by molar-refractivity contribution is 6.30. The van der Waals surface area contributed by atoms with Crippen LogP contribution in [0.5, 0.6) is 0 Å². The minimum atomic E-state index is -4.45. The van der Waals surface area contributed by atoms with Crippen molar-refractivity contribution in [1.29, 1.82) is 0 Å². The summed E-state index contributed by atoms with van der Waals surface area (Å²) in [5.74, 6) is -0.177. The Bertz CT molecular complexity index is 904. The van der Waals surface area contributed by atoms with E-state index in [0.29, 0.717) is 23.4 Å². The molecule has 0 spiro atoms. The lowest BCUT2D eigenvalue weighted by Crippen LogP contribution is -2.51. The van der Waals surface area contributed by atoms with Crippen LogP contribution >= 0.6 is 11.6 Å². The van der Waals surface area contributed by atoms with Crippen molar-refractivity contribution in [2.75, 3.05) is 13.7 Å². The van der Waals surface area contributed by atoms with Crippen molar-refractivity contribution in [2.24, 2.45) is 0 Å². The van der Waals surface area contributed by atoms with Gasteiger partial charge in [-0.05, 0) is 42.3 Å². The molecule has 0 aliphatic carbocycles. The summed E-state index contributed by atoms with van der Waals surface area (Å²) in [7, 11) is 1.52. The van der Waals surface area contributed by atoms with Crippen LogP contribution in [0, 0.1) is 0 Å². The van der Waals surface area contributed by atoms with Crippen LogP contribution in [-0.4, -0.2) is 25.2 Å². The van der Waals surface area contributed by atoms with Crippen LogP contribution in [0.1, 0.15) is 55.1 Å². The zero-order valence-corrected chi connectivity index (χ0v) is 18.1. The van der Waals surface area contributed by atoms with Crippen molar-refractivity contribution < 1.29 is 27.4 Å². The Hall–Kier alpha value is -2.09. The number of methoxy groups -OCH3 is 1. The molecule has 0 aromatic heterocycles. The molecule has 1 heterocycles. The van der Waals surface area contributed by atoms with Gasteiger partial charge in [0.1, 0.15) is 0 Å². The van der Waals surface area contributed by atoms with E-state index in [0.717, 1.165) is 17.7 Å². The number of benzene rings is 2. The van der Waals surface area contributed by atoms with Crippen LogP contribution in [0.4, 0.5) is 13.2 Å². The van der Waals surface area contributed by atoms with E-state index in [1.807, 2.05) is 19.1 Å². The molecule has 0 bridgehead atoms. The van der Waals surface area contributed by atoms with Gasteiger partial charge >= 0.3 is 6.18 Å². The number of hydrogen-bond acceptors (Lipinski definition) is 3. The first-order valence-corrected chi connectivity index (χ1v) is 10.4. The maximum Gasteiger partial charge on any atom is 0.416 e. The molecule has 3 rings (SSSR count). The number of alkyl halides is 3. The molecule has 1 aliphatic heterocycles. The fraction of sp³-hybridized carbons (Fsp3) is 0.435. The minimum absolute atomic E-state index is 0.177. The van der Waals surface area contributed by atoms with Gasteiger partial charge in [0.25, 0.3) is 0 Å². The van der Waals surface area contributed by atoms with Crippen molar-refractivity contribution in [1.82, 2.24) is 5.32 Å². The van der Waals surface area contributed by atoms with Gasteiger partial charge in [-0.3, -0.25) is 4.79 Å². The maximum atomic E-state index is 13.2. The van der Waals surface area contributed by atoms with Crippen LogP contribution in [0.15, 0.2) is 48.5 Å². The predicted octanol–water partition coefficient (Wildman–Crippen LogP) is 5.86. The second kappa shape index (κ2) is 9.59. The number of carbonyl (C=O) groups excluding carboxylic acids is 1. The first kappa shape index (κ1) is 23.6. The molecule has 168 valence electrons. The number of nitrogens with one attached hydrogen (secondary N) is 1. The summed E-state index contributed by atoms with van der Waals surface area (Å²) in [4.78, 5) is 12.4. The molecule has 0 radical (unpaired) electrons. The van der Waals surface area contributed by atoms with Gasteiger partial charge in [-0.1, -0.05) is 35.9 Å². The first-order valence-electron chi connectivity index (χ1n) is 9.98. The van der Waals surface area contributed by atoms with Crippen molar-refractivity contribution in [3.05, 3.63) is 70.2 Å². The standard InChI is InChI=1S/C23H25ClF3NO3/c1-22(28-21(29)10-11-30-2)13-19(15-6-8-18(24)9-7-15)31-20(14-22)16-4-3-5-17(12-16)23(25,26)27/h3-9,12,19-20H,10-11,13-14H2,1-2H3,(H,28,29)/t19-,20+,22-/m0/s1. The molecule has 0 saturated carbocycles. The van der Waals surface area contributed by atoms with Crippen LogP contribution in [0.25, 0.3) is 0 Å². The van der Waals surface area contributed by atoms with Crippen molar-refractivity contribution in [3.63, 3.8) is 0 Å². The average molecular weight is 456 g/mol. The SMILES string of the molecule is COCCC(=O)N[C@@]1(C)C[C@@H](c2ccc(Cl)cc2)O[C@@H](c2cccc(C(F)(F)F)c2)C1. The molecule has 0 unspecified atom stereocenters. The lowest BCUT2D eigenvalue weighted by atomic mass is 9.81. The Morgan fingerprint density at radius 3 is 2.42 bits per heavy atom. The highest BCUT2D eigenvalue weighted by atomic mass is 35.5. The van der Waals surface area contributed by atoms with E-state index < -0.39 is 29.5 Å². The quantitative estimate of drug-likeness (QED) is 0.593. The Morgan fingerprint density at radius 2 is 1.81 bits per heavy atom. The molecule has 1 saturated heterocycles. The van der Waals surface area contributed by atoms with E-state index in [1.54, 1.807) is 18.2 Å². The average Bonchev–Trinajstić information content (AvgIpc) is 2.71. The summed E-state index contributed by atoms with van der Waals surface area (Å²) in [6.45, 7) is 2.18. The lowest BCUT2D eigenvalue weighted by Gasteiger charge is -2.43. The predicted molar refractivity (Wildman–Crippen MR) is 112 cm³/mol. The summed E-state index contributed by atoms with van der Waals surface area (Å²) in [5.41, 5.74) is -0.135. The molecule has 2 aromatic rings. The summed E-state index contributed by atoms with van der Waals surface area (Å²) in [5, 5.41) is 3.61. The molecule has 1 amide bonds. The fourth-order valence-corrected chi connectivity index (χ4v) is 4.00. The molecular weight excluding hydrogens is 431 g/mol. The molecule has 1 N–H and O–H groups in total. The van der Waals surface area contributed by atoms with Gasteiger partial charge in [0, 0.05) is 36.9 Å². The van der Waals surface area contributed by atoms with Gasteiger partial charge in [-0.25, -0.2) is 0 Å². The number of amides is 1. The monoisotopic (exact) mass is 455 g/mol. The third kappa shape index (κ3) is 6.21. The summed E-state index contributed by atoms with van der Waals surface area (Å²) in [6, 6.07) is 12.3. The second-order valence-corrected chi connectivity index (χ2v) is 8.48. The Kier molecular flexibility index (Phi) is 7.29. The second-order valence-electron chi connectivity index (χ2n) is 8.05. The fourth-order valence-electron chi connectivity index (χ4n) is 3.88. The number of rotatable bonds is 6. The first-order chi connectivity index (χ1) is 14.6. The van der Waals surface area contributed by atoms with Crippen LogP contribution in [0.3, 0.4) is 0 Å². The third-order valence-corrected chi connectivity index (χ3v) is 5.65. The highest BCUT2D eigenvalue weighted by Crippen LogP contribution is 2.44. The van der Waals surface area contributed by atoms with Gasteiger partial charge in [0.15, 0.2) is 0 Å². The lowest BCUT2D eigenvalue weighted by molar-refractivity contribution is -0.137. The van der Waals surface area contributed by atoms with Gasteiger partial charge < -0.3 is 14.8 Å². The molecule has 31 heavy (non-hydrogen) atoms. The van der Waals surface area contributed by atoms with Crippen molar-refractivity contribution in [3.8, 4) is 0 Å². The smallest absolute Gasteiger partial charge is 0.384 e. The van der Waals surface area contributed by atoms with E-state index >= 15 is 0 Å². The Labute approximate surface area is 184 Å². The molecule has 2 aromatic carbocycles. The maximum absolute atomic E-state index is 13.2. The Balaban J connectivity index is 1.91. The van der Waals surface area contributed by atoms with Gasteiger partial charge in [-0.15, -0.1) is 0 Å². The largest absolute Gasteiger partial charge is 0.416 e. The number of halogens is 4. The molecular formula is C23H25ClF3NO3. The molecule has 1 fully saturated rings. The van der Waals surface area contributed by atoms with E-state index in [-0.39, 0.29) is 18.9 Å². The summed E-state index contributed by atoms with van der Waals surface area (Å²) >= 11 is 5.99. The van der Waals surface area contributed by atoms with Crippen LogP contribution < -0.4 is 5.32 Å². The van der Waals surface area contributed by atoms with Crippen LogP contribution in [-0.2, 0) is 20.4 Å². The highest BCUT2D eigenvalue weighted by Gasteiger charge is 2.41. The molecule has 3 atom stereocenters. The van der Waals surface area contributed by atoms with Gasteiger partial charge in [0.2, 0.25) is 5.91 Å². The number of hydrogen-bond donors (Lipinski definition) is 1.